The van der Waals surface area contributed by atoms with Crippen molar-refractivity contribution in [3.8, 4) is 0 Å². The molecule has 1 heterocycles. The van der Waals surface area contributed by atoms with E-state index >= 15 is 0 Å². The van der Waals surface area contributed by atoms with E-state index in [0.717, 1.165) is 19.4 Å². The van der Waals surface area contributed by atoms with Crippen LogP contribution in [0.2, 0.25) is 0 Å². The minimum atomic E-state index is -0.379. The Bertz CT molecular complexity index is 1160. The van der Waals surface area contributed by atoms with Gasteiger partial charge in [0.1, 0.15) is 0 Å². The molecule has 2 amide bonds. The number of carbonyl (C=O) groups is 2. The van der Waals surface area contributed by atoms with Crippen LogP contribution in [0.4, 0.5) is 0 Å². The number of hydrogen-bond acceptors (Lipinski definition) is 3. The molecular formula is C33H41N3O2. The maximum Gasteiger partial charge on any atom is 0.312 e. The van der Waals surface area contributed by atoms with Gasteiger partial charge in [0.2, 0.25) is 0 Å². The van der Waals surface area contributed by atoms with E-state index in [1.54, 1.807) is 0 Å². The summed E-state index contributed by atoms with van der Waals surface area (Å²) in [4.78, 5) is 30.9. The third-order valence-electron chi connectivity index (χ3n) is 7.86. The molecule has 0 bridgehead atoms. The number of nitrogens with one attached hydrogen (secondary N) is 1. The molecule has 1 saturated heterocycles. The Labute approximate surface area is 227 Å². The first kappa shape index (κ1) is 27.6. The number of benzene rings is 3. The summed E-state index contributed by atoms with van der Waals surface area (Å²) in [5, 5.41) is 3.56. The lowest BCUT2D eigenvalue weighted by atomic mass is 9.92. The van der Waals surface area contributed by atoms with Crippen molar-refractivity contribution in [1.29, 1.82) is 0 Å². The van der Waals surface area contributed by atoms with Crippen molar-refractivity contribution in [3.63, 3.8) is 0 Å². The molecule has 1 aliphatic heterocycles. The zero-order valence-corrected chi connectivity index (χ0v) is 23.0. The fraction of sp³-hybridized carbons (Fsp3) is 0.394. The van der Waals surface area contributed by atoms with Crippen molar-refractivity contribution in [3.05, 3.63) is 107 Å². The highest BCUT2D eigenvalue weighted by Gasteiger charge is 2.43. The molecule has 1 unspecified atom stereocenters. The van der Waals surface area contributed by atoms with Crippen molar-refractivity contribution < 1.29 is 9.59 Å². The van der Waals surface area contributed by atoms with Crippen LogP contribution in [0.15, 0.2) is 84.9 Å². The lowest BCUT2D eigenvalue weighted by Gasteiger charge is -2.46. The van der Waals surface area contributed by atoms with Gasteiger partial charge in [-0.2, -0.15) is 0 Å². The number of piperazine rings is 1. The van der Waals surface area contributed by atoms with Crippen LogP contribution in [0.25, 0.3) is 0 Å². The van der Waals surface area contributed by atoms with Crippen LogP contribution < -0.4 is 5.32 Å². The molecule has 1 fully saturated rings. The number of carbonyl (C=O) groups excluding carboxylic acids is 2. The van der Waals surface area contributed by atoms with Gasteiger partial charge in [-0.3, -0.25) is 9.59 Å². The zero-order chi connectivity index (χ0) is 26.9. The topological polar surface area (TPSA) is 52.7 Å². The summed E-state index contributed by atoms with van der Waals surface area (Å²) in [5.74, 6) is -0.451. The fourth-order valence-corrected chi connectivity index (χ4v) is 5.28. The molecule has 0 aromatic heterocycles. The molecule has 3 aromatic carbocycles. The van der Waals surface area contributed by atoms with Crippen molar-refractivity contribution in [2.75, 3.05) is 19.6 Å². The third-order valence-corrected chi connectivity index (χ3v) is 7.86. The van der Waals surface area contributed by atoms with E-state index in [2.05, 4.69) is 74.6 Å². The van der Waals surface area contributed by atoms with Gasteiger partial charge in [-0.25, -0.2) is 0 Å². The van der Waals surface area contributed by atoms with Gasteiger partial charge >= 0.3 is 11.8 Å². The van der Waals surface area contributed by atoms with Crippen molar-refractivity contribution in [2.24, 2.45) is 5.92 Å². The second-order valence-electron chi connectivity index (χ2n) is 10.6. The van der Waals surface area contributed by atoms with Crippen LogP contribution in [-0.2, 0) is 29.0 Å². The quantitative estimate of drug-likeness (QED) is 0.347. The van der Waals surface area contributed by atoms with Crippen LogP contribution in [0, 0.1) is 12.8 Å². The molecule has 0 saturated carbocycles. The maximum absolute atomic E-state index is 13.6. The Morgan fingerprint density at radius 2 is 1.47 bits per heavy atom. The first-order valence-corrected chi connectivity index (χ1v) is 13.9. The van der Waals surface area contributed by atoms with Crippen LogP contribution in [0.1, 0.15) is 42.5 Å². The SMILES string of the molecule is CCC(C)[C@H]1CN([C@H](CNCc2ccccc2)Cc2ccccc2)C(=O)C(=O)N1CCc1ccc(C)cc1. The predicted octanol–water partition coefficient (Wildman–Crippen LogP) is 5.02. The Hall–Kier alpha value is -3.44. The lowest BCUT2D eigenvalue weighted by Crippen LogP contribution is -2.65. The van der Waals surface area contributed by atoms with Crippen LogP contribution in [-0.4, -0.2) is 53.3 Å². The van der Waals surface area contributed by atoms with Gasteiger partial charge in [0.15, 0.2) is 0 Å². The van der Waals surface area contributed by atoms with E-state index in [1.165, 1.54) is 22.3 Å². The molecule has 0 radical (unpaired) electrons. The van der Waals surface area contributed by atoms with E-state index in [0.29, 0.717) is 32.0 Å². The largest absolute Gasteiger partial charge is 0.329 e. The molecular weight excluding hydrogens is 470 g/mol. The number of nitrogens with zero attached hydrogens (tertiary/aromatic N) is 2. The van der Waals surface area contributed by atoms with E-state index in [9.17, 15) is 9.59 Å². The summed E-state index contributed by atoms with van der Waals surface area (Å²) in [6, 6.07) is 28.9. The van der Waals surface area contributed by atoms with E-state index in [1.807, 2.05) is 46.2 Å². The summed E-state index contributed by atoms with van der Waals surface area (Å²) in [5.41, 5.74) is 4.78. The number of amides is 2. The second kappa shape index (κ2) is 13.4. The summed E-state index contributed by atoms with van der Waals surface area (Å²) in [6.45, 7) is 8.91. The summed E-state index contributed by atoms with van der Waals surface area (Å²) < 4.78 is 0. The Morgan fingerprint density at radius 3 is 2.11 bits per heavy atom. The molecule has 0 spiro atoms. The molecule has 3 aromatic rings. The fourth-order valence-electron chi connectivity index (χ4n) is 5.28. The minimum absolute atomic E-state index is 0.00282. The van der Waals surface area contributed by atoms with E-state index in [-0.39, 0.29) is 23.9 Å². The molecule has 5 nitrogen and oxygen atoms in total. The normalized spacial score (nSPS) is 17.5. The van der Waals surface area contributed by atoms with E-state index < -0.39 is 0 Å². The molecule has 200 valence electrons. The molecule has 5 heteroatoms. The molecule has 4 rings (SSSR count). The second-order valence-corrected chi connectivity index (χ2v) is 10.6. The molecule has 38 heavy (non-hydrogen) atoms. The first-order valence-electron chi connectivity index (χ1n) is 13.9. The molecule has 1 N–H and O–H groups in total. The highest BCUT2D eigenvalue weighted by atomic mass is 16.2. The highest BCUT2D eigenvalue weighted by Crippen LogP contribution is 2.25. The average molecular weight is 512 g/mol. The minimum Gasteiger partial charge on any atom is -0.329 e. The van der Waals surface area contributed by atoms with Crippen molar-refractivity contribution in [2.45, 2.75) is 58.7 Å². The Morgan fingerprint density at radius 1 is 0.842 bits per heavy atom. The monoisotopic (exact) mass is 511 g/mol. The highest BCUT2D eigenvalue weighted by molar-refractivity contribution is 6.35. The molecule has 3 atom stereocenters. The summed E-state index contributed by atoms with van der Waals surface area (Å²) >= 11 is 0. The number of rotatable bonds is 12. The van der Waals surface area contributed by atoms with Crippen LogP contribution in [0.3, 0.4) is 0 Å². The van der Waals surface area contributed by atoms with Crippen molar-refractivity contribution >= 4 is 11.8 Å². The zero-order valence-electron chi connectivity index (χ0n) is 23.0. The van der Waals surface area contributed by atoms with Gasteiger partial charge < -0.3 is 15.1 Å². The average Bonchev–Trinajstić information content (AvgIpc) is 2.95. The summed E-state index contributed by atoms with van der Waals surface area (Å²) in [6.07, 6.45) is 2.41. The molecule has 1 aliphatic rings. The lowest BCUT2D eigenvalue weighted by molar-refractivity contribution is -0.162. The Balaban J connectivity index is 1.52. The number of aryl methyl sites for hydroxylation is 1. The maximum atomic E-state index is 13.6. The predicted molar refractivity (Wildman–Crippen MR) is 154 cm³/mol. The van der Waals surface area contributed by atoms with Gasteiger partial charge in [-0.05, 0) is 42.4 Å². The van der Waals surface area contributed by atoms with E-state index in [4.69, 9.17) is 0 Å². The third kappa shape index (κ3) is 7.11. The van der Waals surface area contributed by atoms with Crippen molar-refractivity contribution in [1.82, 2.24) is 15.1 Å². The van der Waals surface area contributed by atoms with Gasteiger partial charge in [-0.1, -0.05) is 111 Å². The molecule has 0 aliphatic carbocycles. The number of hydrogen-bond donors (Lipinski definition) is 1. The standard InChI is InChI=1S/C33H41N3O2/c1-4-26(3)31-24-36(33(38)32(37)35(31)20-19-27-17-15-25(2)16-18-27)30(21-28-11-7-5-8-12-28)23-34-22-29-13-9-6-10-14-29/h5-18,26,30-31,34H,4,19-24H2,1-3H3/t26?,30-,31+/m0/s1. The first-order chi connectivity index (χ1) is 18.5. The van der Waals surface area contributed by atoms with Gasteiger partial charge in [-0.15, -0.1) is 0 Å². The van der Waals surface area contributed by atoms with Crippen LogP contribution >= 0.6 is 0 Å². The Kier molecular flexibility index (Phi) is 9.72. The van der Waals surface area contributed by atoms with Gasteiger partial charge in [0, 0.05) is 32.2 Å². The summed E-state index contributed by atoms with van der Waals surface area (Å²) in [7, 11) is 0. The van der Waals surface area contributed by atoms with Gasteiger partial charge in [0.25, 0.3) is 0 Å². The van der Waals surface area contributed by atoms with Gasteiger partial charge in [0.05, 0.1) is 6.04 Å². The smallest absolute Gasteiger partial charge is 0.312 e. The van der Waals surface area contributed by atoms with Crippen LogP contribution in [0.5, 0.6) is 0 Å².